The number of benzene rings is 2. The zero-order chi connectivity index (χ0) is 25.3. The van der Waals surface area contributed by atoms with Crippen molar-refractivity contribution in [3.63, 3.8) is 0 Å². The number of nitrogens with zero attached hydrogens (tertiary/aromatic N) is 5. The molecule has 1 aliphatic heterocycles. The molecular weight excluding hydrogens is 478 g/mol. The highest BCUT2D eigenvalue weighted by Gasteiger charge is 2.32. The number of likely N-dealkylation sites (tertiary alicyclic amines) is 1. The Morgan fingerprint density at radius 3 is 2.42 bits per heavy atom. The Morgan fingerprint density at radius 1 is 1.06 bits per heavy atom. The van der Waals surface area contributed by atoms with Crippen molar-refractivity contribution < 1.29 is 12.8 Å². The van der Waals surface area contributed by atoms with Gasteiger partial charge in [-0.2, -0.15) is 0 Å². The fourth-order valence-electron chi connectivity index (χ4n) is 4.26. The Balaban J connectivity index is 1.39. The van der Waals surface area contributed by atoms with E-state index in [1.165, 1.54) is 6.20 Å². The molecule has 1 saturated heterocycles. The third-order valence-corrected chi connectivity index (χ3v) is 8.47. The lowest BCUT2D eigenvalue weighted by Crippen LogP contribution is -2.25. The molecule has 0 bridgehead atoms. The van der Waals surface area contributed by atoms with Crippen molar-refractivity contribution >= 4 is 15.7 Å². The number of hydrogen-bond donors (Lipinski definition) is 2. The Hall–Kier alpha value is -3.67. The first kappa shape index (κ1) is 24.0. The van der Waals surface area contributed by atoms with Crippen molar-refractivity contribution in [2.24, 2.45) is 0 Å². The van der Waals surface area contributed by atoms with Gasteiger partial charge in [-0.1, -0.05) is 24.3 Å². The summed E-state index contributed by atoms with van der Waals surface area (Å²) in [4.78, 5) is 11.2. The summed E-state index contributed by atoms with van der Waals surface area (Å²) in [6.45, 7) is 2.09. The summed E-state index contributed by atoms with van der Waals surface area (Å²) in [5.74, 6) is 0.656. The molecule has 186 valence electrons. The summed E-state index contributed by atoms with van der Waals surface area (Å²) >= 11 is 0. The molecule has 0 radical (unpaired) electrons. The van der Waals surface area contributed by atoms with E-state index in [2.05, 4.69) is 25.5 Å². The van der Waals surface area contributed by atoms with E-state index in [0.29, 0.717) is 35.0 Å². The number of aromatic nitrogens is 4. The summed E-state index contributed by atoms with van der Waals surface area (Å²) in [6.07, 6.45) is 2.17. The van der Waals surface area contributed by atoms with Crippen molar-refractivity contribution in [1.29, 1.82) is 0 Å². The van der Waals surface area contributed by atoms with Crippen molar-refractivity contribution in [2.45, 2.75) is 23.1 Å². The van der Waals surface area contributed by atoms with Gasteiger partial charge in [-0.3, -0.25) is 0 Å². The minimum Gasteiger partial charge on any atom is -0.414 e. The van der Waals surface area contributed by atoms with Gasteiger partial charge in [-0.05, 0) is 56.9 Å². The fourth-order valence-corrected chi connectivity index (χ4v) is 6.02. The first-order chi connectivity index (χ1) is 17.3. The molecular formula is C25H27N7O3S. The Kier molecular flexibility index (Phi) is 6.52. The van der Waals surface area contributed by atoms with E-state index in [4.69, 9.17) is 10.2 Å². The second-order valence-corrected chi connectivity index (χ2v) is 11.1. The van der Waals surface area contributed by atoms with Gasteiger partial charge in [-0.25, -0.2) is 18.4 Å². The average Bonchev–Trinajstić information content (AvgIpc) is 3.55. The third-order valence-electron chi connectivity index (χ3n) is 6.28. The van der Waals surface area contributed by atoms with Crippen LogP contribution in [0.4, 0.5) is 5.82 Å². The van der Waals surface area contributed by atoms with Crippen LogP contribution in [0.25, 0.3) is 34.3 Å². The van der Waals surface area contributed by atoms with E-state index in [1.807, 2.05) is 43.3 Å². The predicted octanol–water partition coefficient (Wildman–Crippen LogP) is 2.64. The molecule has 5 rings (SSSR count). The van der Waals surface area contributed by atoms with Gasteiger partial charge < -0.3 is 20.4 Å². The molecule has 36 heavy (non-hydrogen) atoms. The maximum atomic E-state index is 13.0. The highest BCUT2D eigenvalue weighted by atomic mass is 32.2. The summed E-state index contributed by atoms with van der Waals surface area (Å²) in [6, 6.07) is 14.5. The molecule has 3 N–H and O–H groups in total. The van der Waals surface area contributed by atoms with Crippen molar-refractivity contribution in [1.82, 2.24) is 30.4 Å². The summed E-state index contributed by atoms with van der Waals surface area (Å²) in [5, 5.41) is 11.0. The van der Waals surface area contributed by atoms with Crippen LogP contribution in [0.15, 0.2) is 64.0 Å². The Morgan fingerprint density at radius 2 is 1.75 bits per heavy atom. The summed E-state index contributed by atoms with van der Waals surface area (Å²) in [7, 11) is 0.433. The zero-order valence-corrected chi connectivity index (χ0v) is 20.9. The minimum atomic E-state index is -3.39. The van der Waals surface area contributed by atoms with Gasteiger partial charge in [0.25, 0.3) is 5.89 Å². The normalized spacial score (nSPS) is 16.4. The molecule has 0 saturated carbocycles. The number of nitrogens with two attached hydrogens (primary N) is 1. The van der Waals surface area contributed by atoms with Gasteiger partial charge in [-0.15, -0.1) is 10.2 Å². The van der Waals surface area contributed by atoms with Gasteiger partial charge in [0, 0.05) is 24.2 Å². The zero-order valence-electron chi connectivity index (χ0n) is 20.0. The summed E-state index contributed by atoms with van der Waals surface area (Å²) in [5.41, 5.74) is 9.47. The molecule has 1 fully saturated rings. The first-order valence-electron chi connectivity index (χ1n) is 11.6. The van der Waals surface area contributed by atoms with Crippen LogP contribution >= 0.6 is 0 Å². The highest BCUT2D eigenvalue weighted by molar-refractivity contribution is 7.92. The topological polar surface area (TPSA) is 140 Å². The van der Waals surface area contributed by atoms with Gasteiger partial charge >= 0.3 is 0 Å². The standard InChI is InChI=1S/C25H27N7O3S/c1-27-13-16-3-5-18(6-4-16)24-30-31-25(35-24)22-23(26)28-14-21(29-22)17-7-9-19(10-8-17)36(33,34)20-11-12-32(2)15-20/h3-10,14,20,27H,11-13,15H2,1-2H3,(H2,26,28). The minimum absolute atomic E-state index is 0.153. The molecule has 0 spiro atoms. The van der Waals surface area contributed by atoms with Crippen LogP contribution in [-0.4, -0.2) is 65.9 Å². The smallest absolute Gasteiger partial charge is 0.270 e. The number of nitrogens with one attached hydrogen (secondary N) is 1. The molecule has 0 amide bonds. The lowest BCUT2D eigenvalue weighted by molar-refractivity contribution is 0.417. The van der Waals surface area contributed by atoms with Crippen LogP contribution in [0, 0.1) is 0 Å². The van der Waals surface area contributed by atoms with Crippen LogP contribution in [0.2, 0.25) is 0 Å². The van der Waals surface area contributed by atoms with E-state index in [9.17, 15) is 8.42 Å². The number of hydrogen-bond acceptors (Lipinski definition) is 10. The van der Waals surface area contributed by atoms with E-state index in [1.54, 1.807) is 24.3 Å². The molecule has 1 unspecified atom stereocenters. The molecule has 2 aromatic heterocycles. The second kappa shape index (κ2) is 9.76. The van der Waals surface area contributed by atoms with Gasteiger partial charge in [0.2, 0.25) is 5.89 Å². The van der Waals surface area contributed by atoms with E-state index in [0.717, 1.165) is 24.2 Å². The van der Waals surface area contributed by atoms with Gasteiger partial charge in [0.1, 0.15) is 0 Å². The van der Waals surface area contributed by atoms with E-state index < -0.39 is 9.84 Å². The van der Waals surface area contributed by atoms with Crippen LogP contribution in [0.3, 0.4) is 0 Å². The largest absolute Gasteiger partial charge is 0.414 e. The number of rotatable bonds is 7. The third kappa shape index (κ3) is 4.72. The summed E-state index contributed by atoms with van der Waals surface area (Å²) < 4.78 is 31.8. The maximum Gasteiger partial charge on any atom is 0.270 e. The molecule has 4 aromatic rings. The lowest BCUT2D eigenvalue weighted by Gasteiger charge is -2.12. The molecule has 3 heterocycles. The van der Waals surface area contributed by atoms with Gasteiger partial charge in [0.05, 0.1) is 22.0 Å². The predicted molar refractivity (Wildman–Crippen MR) is 136 cm³/mol. The lowest BCUT2D eigenvalue weighted by atomic mass is 10.1. The average molecular weight is 506 g/mol. The van der Waals surface area contributed by atoms with E-state index >= 15 is 0 Å². The Bertz CT molecular complexity index is 1470. The molecule has 11 heteroatoms. The maximum absolute atomic E-state index is 13.0. The van der Waals surface area contributed by atoms with Crippen LogP contribution in [0.1, 0.15) is 12.0 Å². The molecule has 0 aliphatic carbocycles. The van der Waals surface area contributed by atoms with Crippen molar-refractivity contribution in [2.75, 3.05) is 32.9 Å². The highest BCUT2D eigenvalue weighted by Crippen LogP contribution is 2.29. The van der Waals surface area contributed by atoms with E-state index in [-0.39, 0.29) is 22.7 Å². The molecule has 10 nitrogen and oxygen atoms in total. The number of nitrogen functional groups attached to an aromatic ring is 1. The molecule has 2 aromatic carbocycles. The SMILES string of the molecule is CNCc1ccc(-c2nnc(-c3nc(-c4ccc(S(=O)(=O)C5CCN(C)C5)cc4)cnc3N)o2)cc1. The second-order valence-electron chi connectivity index (χ2n) is 8.87. The fraction of sp³-hybridized carbons (Fsp3) is 0.280. The van der Waals surface area contributed by atoms with Crippen molar-refractivity contribution in [3.05, 3.63) is 60.3 Å². The molecule has 1 atom stereocenters. The van der Waals surface area contributed by atoms with Crippen molar-refractivity contribution in [3.8, 4) is 34.3 Å². The monoisotopic (exact) mass is 505 g/mol. The molecule has 1 aliphatic rings. The number of anilines is 1. The number of sulfone groups is 1. The Labute approximate surface area is 209 Å². The van der Waals surface area contributed by atoms with Crippen LogP contribution < -0.4 is 11.1 Å². The van der Waals surface area contributed by atoms with Crippen LogP contribution in [0.5, 0.6) is 0 Å². The van der Waals surface area contributed by atoms with Gasteiger partial charge in [0.15, 0.2) is 21.3 Å². The first-order valence-corrected chi connectivity index (χ1v) is 13.1. The van der Waals surface area contributed by atoms with Crippen LogP contribution in [-0.2, 0) is 16.4 Å². The quantitative estimate of drug-likeness (QED) is 0.385.